The van der Waals surface area contributed by atoms with E-state index in [0.29, 0.717) is 0 Å². The van der Waals surface area contributed by atoms with Gasteiger partial charge >= 0.3 is 15.6 Å². The number of phosphoric acid groups is 3. The Bertz CT molecular complexity index is 1810. The van der Waals surface area contributed by atoms with E-state index in [4.69, 9.17) is 20.9 Å². The number of aromatic nitrogens is 5. The highest BCUT2D eigenvalue weighted by atomic mass is 31.3. The molecule has 2 aliphatic rings. The predicted octanol–water partition coefficient (Wildman–Crippen LogP) is -3.53. The summed E-state index contributed by atoms with van der Waals surface area (Å²) >= 11 is 0. The second-order valence-electron chi connectivity index (χ2n) is 10.2. The molecule has 1 amide bonds. The van der Waals surface area contributed by atoms with Crippen LogP contribution in [0, 0.1) is 0 Å². The summed E-state index contributed by atoms with van der Waals surface area (Å²) in [6.07, 6.45) is -8.59. The van der Waals surface area contributed by atoms with Gasteiger partial charge in [0, 0.05) is 6.07 Å². The molecule has 3 aromatic heterocycles. The number of pyridine rings is 1. The monoisotopic (exact) mass is 743 g/mol. The van der Waals surface area contributed by atoms with Gasteiger partial charge in [0.05, 0.1) is 19.5 Å². The third-order valence-electron chi connectivity index (χ3n) is 6.97. The zero-order valence-electron chi connectivity index (χ0n) is 23.9. The summed E-state index contributed by atoms with van der Waals surface area (Å²) in [7, 11) is -16.6. The maximum absolute atomic E-state index is 12.5. The zero-order chi connectivity index (χ0) is 35.2. The zero-order valence-corrected chi connectivity index (χ0v) is 26.6. The van der Waals surface area contributed by atoms with E-state index in [9.17, 15) is 53.4 Å². The summed E-state index contributed by atoms with van der Waals surface area (Å²) in [6.45, 7) is -2.12. The molecule has 27 heteroatoms. The van der Waals surface area contributed by atoms with Crippen molar-refractivity contribution in [3.8, 4) is 0 Å². The third-order valence-corrected chi connectivity index (χ3v) is 10.1. The van der Waals surface area contributed by atoms with Crippen molar-refractivity contribution in [1.82, 2.24) is 19.5 Å². The van der Waals surface area contributed by atoms with Gasteiger partial charge in [-0.15, -0.1) is 0 Å². The van der Waals surface area contributed by atoms with Crippen LogP contribution in [0.5, 0.6) is 0 Å². The summed E-state index contributed by atoms with van der Waals surface area (Å²) in [6, 6.07) is 2.77. The molecule has 48 heavy (non-hydrogen) atoms. The molecule has 264 valence electrons. The molecule has 4 unspecified atom stereocenters. The van der Waals surface area contributed by atoms with Crippen LogP contribution in [0.2, 0.25) is 0 Å². The number of carbonyl (C=O) groups excluding carboxylic acids is 1. The number of hydrogen-bond acceptors (Lipinski definition) is 18. The fraction of sp³-hybridized carbons (Fsp3) is 0.476. The first kappa shape index (κ1) is 36.4. The molecule has 3 aromatic rings. The van der Waals surface area contributed by atoms with Gasteiger partial charge in [-0.2, -0.15) is 4.57 Å². The molecule has 2 fully saturated rings. The van der Waals surface area contributed by atoms with E-state index < -0.39 is 91.7 Å². The maximum atomic E-state index is 12.5. The third kappa shape index (κ3) is 8.12. The molecule has 0 bridgehead atoms. The second kappa shape index (κ2) is 13.8. The molecule has 10 N–H and O–H groups in total. The number of phosphoric ester groups is 3. The number of imidazole rings is 1. The molecule has 10 atom stereocenters. The minimum Gasteiger partial charge on any atom is -0.756 e. The molecule has 5 heterocycles. The fourth-order valence-corrected chi connectivity index (χ4v) is 7.42. The van der Waals surface area contributed by atoms with Crippen LogP contribution in [0.3, 0.4) is 0 Å². The second-order valence-corrected chi connectivity index (χ2v) is 14.4. The molecular formula is C21H28N7O17P3. The van der Waals surface area contributed by atoms with Crippen molar-refractivity contribution < 1.29 is 85.3 Å². The lowest BCUT2D eigenvalue weighted by atomic mass is 10.1. The Hall–Kier alpha value is -2.86. The number of anilines is 1. The van der Waals surface area contributed by atoms with Gasteiger partial charge in [0.2, 0.25) is 0 Å². The first-order chi connectivity index (χ1) is 22.4. The molecule has 5 rings (SSSR count). The normalized spacial score (nSPS) is 30.3. The molecule has 0 spiro atoms. The van der Waals surface area contributed by atoms with E-state index in [-0.39, 0.29) is 22.5 Å². The quantitative estimate of drug-likeness (QED) is 0.0621. The summed E-state index contributed by atoms with van der Waals surface area (Å²) in [5, 5.41) is 31.5. The number of hydrogen-bond donors (Lipinski definition) is 8. The molecule has 2 saturated heterocycles. The van der Waals surface area contributed by atoms with Crippen LogP contribution in [0.1, 0.15) is 22.8 Å². The number of amides is 1. The lowest BCUT2D eigenvalue weighted by molar-refractivity contribution is -0.765. The number of fused-ring (bicyclic) bond motifs is 1. The van der Waals surface area contributed by atoms with Crippen LogP contribution >= 0.6 is 23.5 Å². The Balaban J connectivity index is 1.21. The van der Waals surface area contributed by atoms with E-state index in [1.165, 1.54) is 29.1 Å². The summed E-state index contributed by atoms with van der Waals surface area (Å²) in [4.78, 5) is 64.4. The standard InChI is InChI=1S/C21H28N7O17P3/c22-17-12-19(25-7-24-17)28(8-26-12)21-16(44-46(33,34)35)14(30)11(43-21)6-41-48(38,39)45-47(36,37)40-5-10-13(29)15(31)20(42-10)27-3-1-2-9(4-27)18(23)32/h1-4,7-8,10-11,13-16,20-21,29-31H,5-6H2,(H7-,22,23,24,25,32,33,34,35,36,37,38,39)/t10-,11-,13+,14?,15?,16+,20-,21-/m1/s1. The van der Waals surface area contributed by atoms with E-state index in [1.54, 1.807) is 0 Å². The van der Waals surface area contributed by atoms with Crippen molar-refractivity contribution in [2.75, 3.05) is 18.9 Å². The van der Waals surface area contributed by atoms with Crippen LogP contribution in [0.15, 0.2) is 37.2 Å². The number of nitrogens with zero attached hydrogens (tertiary/aromatic N) is 5. The first-order valence-corrected chi connectivity index (χ1v) is 17.8. The van der Waals surface area contributed by atoms with Gasteiger partial charge in [-0.1, -0.05) is 0 Å². The Labute approximate surface area is 267 Å². The lowest BCUT2D eigenvalue weighted by Gasteiger charge is -2.26. The number of primary amides is 1. The molecule has 24 nitrogen and oxygen atoms in total. The van der Waals surface area contributed by atoms with Gasteiger partial charge in [-0.3, -0.25) is 23.0 Å². The highest BCUT2D eigenvalue weighted by Gasteiger charge is 2.51. The SMILES string of the molecule is NC(=O)c1ccc[n+]([C@@H]2O[C@H](COP(=O)([O-])OP(=O)(O)OC[C@H]3O[C@@H](n4cnc5c(N)ncnc54)[C@@H](OP(=O)(O)O)C3O)[C@H](O)C2O)c1. The fourth-order valence-electron chi connectivity index (χ4n) is 4.82. The van der Waals surface area contributed by atoms with Crippen LogP contribution in [-0.4, -0.2) is 105 Å². The average Bonchev–Trinajstić information content (AvgIpc) is 3.64. The van der Waals surface area contributed by atoms with Crippen LogP contribution in [0.25, 0.3) is 11.2 Å². The lowest BCUT2D eigenvalue weighted by Crippen LogP contribution is -2.46. The van der Waals surface area contributed by atoms with Crippen LogP contribution in [-0.2, 0) is 41.1 Å². The van der Waals surface area contributed by atoms with Gasteiger partial charge in [-0.25, -0.2) is 28.4 Å². The van der Waals surface area contributed by atoms with Crippen molar-refractivity contribution in [3.05, 3.63) is 42.7 Å². The number of aliphatic hydroxyl groups is 3. The Morgan fingerprint density at radius 2 is 1.71 bits per heavy atom. The number of carbonyl (C=O) groups is 1. The summed E-state index contributed by atoms with van der Waals surface area (Å²) < 4.78 is 67.9. The summed E-state index contributed by atoms with van der Waals surface area (Å²) in [5.41, 5.74) is 11.1. The number of nitrogens with two attached hydrogens (primary N) is 2. The van der Waals surface area contributed by atoms with Crippen molar-refractivity contribution in [3.63, 3.8) is 0 Å². The highest BCUT2D eigenvalue weighted by Crippen LogP contribution is 2.58. The number of nitrogen functional groups attached to an aromatic ring is 1. The maximum Gasteiger partial charge on any atom is 0.478 e. The number of rotatable bonds is 13. The predicted molar refractivity (Wildman–Crippen MR) is 148 cm³/mol. The van der Waals surface area contributed by atoms with Gasteiger partial charge in [0.1, 0.15) is 47.9 Å². The van der Waals surface area contributed by atoms with Gasteiger partial charge in [-0.05, 0) is 6.07 Å². The van der Waals surface area contributed by atoms with E-state index in [0.717, 1.165) is 17.2 Å². The Morgan fingerprint density at radius 3 is 2.40 bits per heavy atom. The molecule has 0 aliphatic carbocycles. The molecule has 0 radical (unpaired) electrons. The first-order valence-electron chi connectivity index (χ1n) is 13.3. The largest absolute Gasteiger partial charge is 0.756 e. The van der Waals surface area contributed by atoms with Gasteiger partial charge in [0.15, 0.2) is 36.2 Å². The molecular weight excluding hydrogens is 715 g/mol. The molecule has 0 saturated carbocycles. The molecule has 0 aromatic carbocycles. The van der Waals surface area contributed by atoms with Gasteiger partial charge in [0.25, 0.3) is 20.0 Å². The van der Waals surface area contributed by atoms with Crippen molar-refractivity contribution in [1.29, 1.82) is 0 Å². The van der Waals surface area contributed by atoms with E-state index >= 15 is 0 Å². The Kier molecular flexibility index (Phi) is 10.5. The minimum absolute atomic E-state index is 0.00541. The Morgan fingerprint density at radius 1 is 1.02 bits per heavy atom. The van der Waals surface area contributed by atoms with E-state index in [1.807, 2.05) is 0 Å². The number of ether oxygens (including phenoxy) is 2. The smallest absolute Gasteiger partial charge is 0.478 e. The topological polar surface area (TPSA) is 368 Å². The van der Waals surface area contributed by atoms with Gasteiger partial charge < -0.3 is 60.4 Å². The average molecular weight is 743 g/mol. The van der Waals surface area contributed by atoms with Crippen molar-refractivity contribution >= 4 is 46.4 Å². The minimum atomic E-state index is -5.72. The van der Waals surface area contributed by atoms with Crippen LogP contribution in [0.4, 0.5) is 5.82 Å². The van der Waals surface area contributed by atoms with Crippen molar-refractivity contribution in [2.45, 2.75) is 49.1 Å². The summed E-state index contributed by atoms with van der Waals surface area (Å²) in [5.74, 6) is -0.862. The van der Waals surface area contributed by atoms with Crippen LogP contribution < -0.4 is 20.9 Å². The van der Waals surface area contributed by atoms with E-state index in [2.05, 4.69) is 32.8 Å². The highest BCUT2D eigenvalue weighted by molar-refractivity contribution is 7.60. The molecule has 2 aliphatic heterocycles. The number of aliphatic hydroxyl groups excluding tert-OH is 3. The van der Waals surface area contributed by atoms with Crippen molar-refractivity contribution in [2.24, 2.45) is 5.73 Å².